The van der Waals surface area contributed by atoms with Crippen LogP contribution in [0.1, 0.15) is 6.92 Å². The smallest absolute Gasteiger partial charge is 0.234 e. The van der Waals surface area contributed by atoms with E-state index in [1.807, 2.05) is 31.2 Å². The van der Waals surface area contributed by atoms with Crippen LogP contribution in [0.2, 0.25) is 0 Å². The number of amides is 1. The highest BCUT2D eigenvalue weighted by Crippen LogP contribution is 2.16. The first kappa shape index (κ1) is 16.7. The van der Waals surface area contributed by atoms with E-state index in [0.29, 0.717) is 12.4 Å². The highest BCUT2D eigenvalue weighted by atomic mass is 35.5. The Balaban J connectivity index is 0.00000200. The van der Waals surface area contributed by atoms with Crippen LogP contribution >= 0.6 is 24.2 Å². The molecule has 0 radical (unpaired) electrons. The van der Waals surface area contributed by atoms with Crippen LogP contribution < -0.4 is 15.4 Å². The number of rotatable bonds is 5. The molecular weight excluding hydrogens is 298 g/mol. The lowest BCUT2D eigenvalue weighted by Crippen LogP contribution is -2.20. The third-order valence-corrected chi connectivity index (χ3v) is 3.39. The molecule has 1 amide bonds. The summed E-state index contributed by atoms with van der Waals surface area (Å²) in [6, 6.07) is 7.35. The molecule has 1 aliphatic heterocycles. The lowest BCUT2D eigenvalue weighted by atomic mass is 10.3. The SMILES string of the molecule is CCOc1ccc(NC(=O)CSC2=NCCN2)cc1.Cl. The number of halogens is 1. The molecule has 1 aromatic rings. The Labute approximate surface area is 129 Å². The van der Waals surface area contributed by atoms with Crippen LogP contribution in [0.3, 0.4) is 0 Å². The molecule has 0 aromatic heterocycles. The van der Waals surface area contributed by atoms with Gasteiger partial charge in [0.1, 0.15) is 5.75 Å². The number of amidine groups is 1. The zero-order valence-corrected chi connectivity index (χ0v) is 12.9. The van der Waals surface area contributed by atoms with Crippen molar-refractivity contribution in [1.82, 2.24) is 5.32 Å². The molecule has 1 heterocycles. The Morgan fingerprint density at radius 3 is 2.80 bits per heavy atom. The quantitative estimate of drug-likeness (QED) is 0.874. The van der Waals surface area contributed by atoms with Crippen LogP contribution in [-0.2, 0) is 4.79 Å². The number of nitrogens with zero attached hydrogens (tertiary/aromatic N) is 1. The molecule has 2 rings (SSSR count). The second kappa shape index (κ2) is 8.71. The summed E-state index contributed by atoms with van der Waals surface area (Å²) in [7, 11) is 0. The van der Waals surface area contributed by atoms with Crippen molar-refractivity contribution in [1.29, 1.82) is 0 Å². The number of nitrogens with one attached hydrogen (secondary N) is 2. The van der Waals surface area contributed by atoms with E-state index in [4.69, 9.17) is 4.74 Å². The average Bonchev–Trinajstić information content (AvgIpc) is 2.92. The maximum Gasteiger partial charge on any atom is 0.234 e. The van der Waals surface area contributed by atoms with E-state index in [9.17, 15) is 4.79 Å². The standard InChI is InChI=1S/C13H17N3O2S.ClH/c1-2-18-11-5-3-10(4-6-11)16-12(17)9-19-13-14-7-8-15-13;/h3-6H,2,7-9H2,1H3,(H,14,15)(H,16,17);1H. The van der Waals surface area contributed by atoms with Gasteiger partial charge in [0.05, 0.1) is 18.9 Å². The fourth-order valence-electron chi connectivity index (χ4n) is 1.60. The molecule has 1 aliphatic rings. The number of carbonyl (C=O) groups is 1. The lowest BCUT2D eigenvalue weighted by molar-refractivity contribution is -0.113. The minimum absolute atomic E-state index is 0. The van der Waals surface area contributed by atoms with Gasteiger partial charge in [-0.15, -0.1) is 12.4 Å². The maximum atomic E-state index is 11.7. The summed E-state index contributed by atoms with van der Waals surface area (Å²) in [6.07, 6.45) is 0. The second-order valence-electron chi connectivity index (χ2n) is 3.91. The highest BCUT2D eigenvalue weighted by molar-refractivity contribution is 8.14. The molecule has 5 nitrogen and oxygen atoms in total. The Hall–Kier alpha value is -1.40. The largest absolute Gasteiger partial charge is 0.494 e. The summed E-state index contributed by atoms with van der Waals surface area (Å²) in [5.74, 6) is 1.13. The molecule has 0 saturated heterocycles. The number of thioether (sulfide) groups is 1. The van der Waals surface area contributed by atoms with Crippen LogP contribution in [0.5, 0.6) is 5.75 Å². The van der Waals surface area contributed by atoms with E-state index in [-0.39, 0.29) is 18.3 Å². The van der Waals surface area contributed by atoms with E-state index in [0.717, 1.165) is 29.7 Å². The number of anilines is 1. The van der Waals surface area contributed by atoms with Crippen molar-refractivity contribution >= 4 is 40.9 Å². The van der Waals surface area contributed by atoms with E-state index in [2.05, 4.69) is 15.6 Å². The third kappa shape index (κ3) is 5.30. The number of hydrogen-bond acceptors (Lipinski definition) is 5. The van der Waals surface area contributed by atoms with Crippen LogP contribution in [0.15, 0.2) is 29.3 Å². The van der Waals surface area contributed by atoms with Crippen molar-refractivity contribution in [2.75, 3.05) is 30.8 Å². The zero-order valence-electron chi connectivity index (χ0n) is 11.2. The summed E-state index contributed by atoms with van der Waals surface area (Å²) in [4.78, 5) is 16.0. The Morgan fingerprint density at radius 1 is 1.45 bits per heavy atom. The van der Waals surface area contributed by atoms with Crippen LogP contribution in [0.25, 0.3) is 0 Å². The van der Waals surface area contributed by atoms with Crippen molar-refractivity contribution in [2.45, 2.75) is 6.92 Å². The first-order valence-corrected chi connectivity index (χ1v) is 7.20. The highest BCUT2D eigenvalue weighted by Gasteiger charge is 2.09. The Bertz CT molecular complexity index is 465. The normalized spacial score (nSPS) is 12.9. The van der Waals surface area contributed by atoms with Crippen LogP contribution in [0, 0.1) is 0 Å². The van der Waals surface area contributed by atoms with Crippen LogP contribution in [-0.4, -0.2) is 36.5 Å². The van der Waals surface area contributed by atoms with Gasteiger partial charge in [0.25, 0.3) is 0 Å². The predicted molar refractivity (Wildman–Crippen MR) is 86.3 cm³/mol. The fraction of sp³-hybridized carbons (Fsp3) is 0.385. The minimum atomic E-state index is -0.0365. The zero-order chi connectivity index (χ0) is 13.5. The van der Waals surface area contributed by atoms with Gasteiger partial charge in [-0.1, -0.05) is 11.8 Å². The molecular formula is C13H18ClN3O2S. The summed E-state index contributed by atoms with van der Waals surface area (Å²) < 4.78 is 5.34. The third-order valence-electron chi connectivity index (χ3n) is 2.43. The van der Waals surface area contributed by atoms with Gasteiger partial charge in [-0.25, -0.2) is 0 Å². The Kier molecular flexibility index (Phi) is 7.25. The molecule has 7 heteroatoms. The first-order valence-electron chi connectivity index (χ1n) is 6.22. The summed E-state index contributed by atoms with van der Waals surface area (Å²) in [5.41, 5.74) is 0.773. The number of hydrogen-bond donors (Lipinski definition) is 2. The lowest BCUT2D eigenvalue weighted by Gasteiger charge is -2.07. The van der Waals surface area contributed by atoms with E-state index >= 15 is 0 Å². The molecule has 110 valence electrons. The van der Waals surface area contributed by atoms with Gasteiger partial charge in [0.2, 0.25) is 5.91 Å². The van der Waals surface area contributed by atoms with Gasteiger partial charge >= 0.3 is 0 Å². The van der Waals surface area contributed by atoms with Gasteiger partial charge < -0.3 is 15.4 Å². The van der Waals surface area contributed by atoms with E-state index in [1.165, 1.54) is 11.8 Å². The van der Waals surface area contributed by atoms with Crippen LogP contribution in [0.4, 0.5) is 5.69 Å². The number of ether oxygens (including phenoxy) is 1. The molecule has 0 atom stereocenters. The number of aliphatic imine (C=N–C) groups is 1. The molecule has 0 fully saturated rings. The molecule has 0 spiro atoms. The van der Waals surface area contributed by atoms with Crippen molar-refractivity contribution < 1.29 is 9.53 Å². The molecule has 20 heavy (non-hydrogen) atoms. The second-order valence-corrected chi connectivity index (χ2v) is 4.87. The number of benzene rings is 1. The molecule has 0 bridgehead atoms. The monoisotopic (exact) mass is 315 g/mol. The molecule has 0 aliphatic carbocycles. The van der Waals surface area contributed by atoms with Gasteiger partial charge in [-0.05, 0) is 31.2 Å². The summed E-state index contributed by atoms with van der Waals surface area (Å²) >= 11 is 1.42. The Morgan fingerprint density at radius 2 is 2.20 bits per heavy atom. The minimum Gasteiger partial charge on any atom is -0.494 e. The van der Waals surface area contributed by atoms with Gasteiger partial charge in [0.15, 0.2) is 5.17 Å². The van der Waals surface area contributed by atoms with Gasteiger partial charge in [-0.3, -0.25) is 9.79 Å². The van der Waals surface area contributed by atoms with Crippen molar-refractivity contribution in [3.8, 4) is 5.75 Å². The predicted octanol–water partition coefficient (Wildman–Crippen LogP) is 2.14. The number of carbonyl (C=O) groups excluding carboxylic acids is 1. The van der Waals surface area contributed by atoms with Gasteiger partial charge in [0, 0.05) is 12.2 Å². The molecule has 2 N–H and O–H groups in total. The molecule has 0 unspecified atom stereocenters. The fourth-order valence-corrected chi connectivity index (χ4v) is 2.33. The van der Waals surface area contributed by atoms with Crippen molar-refractivity contribution in [3.05, 3.63) is 24.3 Å². The topological polar surface area (TPSA) is 62.7 Å². The maximum absolute atomic E-state index is 11.7. The summed E-state index contributed by atoms with van der Waals surface area (Å²) in [6.45, 7) is 4.23. The first-order chi connectivity index (χ1) is 9.28. The van der Waals surface area contributed by atoms with Crippen molar-refractivity contribution in [2.24, 2.45) is 4.99 Å². The average molecular weight is 316 g/mol. The molecule has 0 saturated carbocycles. The summed E-state index contributed by atoms with van der Waals surface area (Å²) in [5, 5.41) is 6.80. The van der Waals surface area contributed by atoms with Crippen molar-refractivity contribution in [3.63, 3.8) is 0 Å². The molecule has 1 aromatic carbocycles. The van der Waals surface area contributed by atoms with E-state index < -0.39 is 0 Å². The van der Waals surface area contributed by atoms with E-state index in [1.54, 1.807) is 0 Å². The van der Waals surface area contributed by atoms with Gasteiger partial charge in [-0.2, -0.15) is 0 Å².